The number of hydrogen-bond acceptors (Lipinski definition) is 3. The Kier molecular flexibility index (Phi) is 4.56. The third kappa shape index (κ3) is 3.52. The summed E-state index contributed by atoms with van der Waals surface area (Å²) >= 11 is 0. The molecule has 1 aromatic carbocycles. The second-order valence-electron chi connectivity index (χ2n) is 7.31. The predicted molar refractivity (Wildman–Crippen MR) is 104 cm³/mol. The second kappa shape index (κ2) is 7.02. The molecular weight excluding hydrogens is 343 g/mol. The number of anilines is 1. The molecule has 3 aromatic rings. The van der Waals surface area contributed by atoms with E-state index in [-0.39, 0.29) is 17.6 Å². The maximum atomic E-state index is 13.0. The van der Waals surface area contributed by atoms with Crippen molar-refractivity contribution in [3.63, 3.8) is 0 Å². The highest BCUT2D eigenvalue weighted by atomic mass is 19.1. The van der Waals surface area contributed by atoms with Crippen molar-refractivity contribution in [1.29, 1.82) is 0 Å². The van der Waals surface area contributed by atoms with Gasteiger partial charge < -0.3 is 14.2 Å². The molecule has 0 bridgehead atoms. The summed E-state index contributed by atoms with van der Waals surface area (Å²) in [5.41, 5.74) is 2.93. The molecule has 0 N–H and O–H groups in total. The third-order valence-electron chi connectivity index (χ3n) is 5.17. The maximum absolute atomic E-state index is 13.0. The highest BCUT2D eigenvalue weighted by Crippen LogP contribution is 2.29. The van der Waals surface area contributed by atoms with Crippen molar-refractivity contribution in [3.8, 4) is 0 Å². The fourth-order valence-corrected chi connectivity index (χ4v) is 3.69. The van der Waals surface area contributed by atoms with Crippen molar-refractivity contribution in [2.24, 2.45) is 0 Å². The number of carbonyl (C=O) groups is 1. The van der Waals surface area contributed by atoms with Crippen LogP contribution in [0.4, 0.5) is 10.2 Å². The van der Waals surface area contributed by atoms with Gasteiger partial charge >= 0.3 is 0 Å². The smallest absolute Gasteiger partial charge is 0.227 e. The first-order valence-corrected chi connectivity index (χ1v) is 9.18. The van der Waals surface area contributed by atoms with Crippen LogP contribution in [0.5, 0.6) is 0 Å². The molecule has 4 rings (SSSR count). The molecule has 2 aromatic heterocycles. The molecule has 6 heteroatoms. The summed E-state index contributed by atoms with van der Waals surface area (Å²) in [6, 6.07) is 10.2. The average Bonchev–Trinajstić information content (AvgIpc) is 3.31. The summed E-state index contributed by atoms with van der Waals surface area (Å²) in [6.45, 7) is 1.40. The van der Waals surface area contributed by atoms with Crippen LogP contribution in [-0.2, 0) is 11.2 Å². The molecule has 140 valence electrons. The number of carbonyl (C=O) groups excluding carboxylic acids is 1. The van der Waals surface area contributed by atoms with Gasteiger partial charge in [0.1, 0.15) is 5.82 Å². The van der Waals surface area contributed by atoms with Gasteiger partial charge in [0.25, 0.3) is 0 Å². The molecule has 3 heterocycles. The van der Waals surface area contributed by atoms with Gasteiger partial charge in [-0.2, -0.15) is 0 Å². The number of likely N-dealkylation sites (tertiary alicyclic amines) is 1. The largest absolute Gasteiger partial charge is 0.361 e. The van der Waals surface area contributed by atoms with Crippen molar-refractivity contribution in [3.05, 3.63) is 65.9 Å². The number of nitrogens with zero attached hydrogens (tertiary/aromatic N) is 4. The summed E-state index contributed by atoms with van der Waals surface area (Å²) in [6.07, 6.45) is 5.31. The first kappa shape index (κ1) is 17.5. The molecule has 1 atom stereocenters. The molecule has 0 aliphatic carbocycles. The van der Waals surface area contributed by atoms with Crippen molar-refractivity contribution in [2.45, 2.75) is 18.8 Å². The van der Waals surface area contributed by atoms with Crippen molar-refractivity contribution in [2.75, 3.05) is 32.1 Å². The lowest BCUT2D eigenvalue weighted by atomic mass is 10.1. The highest BCUT2D eigenvalue weighted by molar-refractivity contribution is 5.79. The Morgan fingerprint density at radius 1 is 1.26 bits per heavy atom. The van der Waals surface area contributed by atoms with Crippen LogP contribution in [0.2, 0.25) is 0 Å². The van der Waals surface area contributed by atoms with Gasteiger partial charge in [0, 0.05) is 45.5 Å². The molecule has 5 nitrogen and oxygen atoms in total. The van der Waals surface area contributed by atoms with Gasteiger partial charge in [-0.3, -0.25) is 4.79 Å². The van der Waals surface area contributed by atoms with E-state index in [0.717, 1.165) is 35.6 Å². The minimum atomic E-state index is -0.282. The maximum Gasteiger partial charge on any atom is 0.227 e. The molecule has 0 radical (unpaired) electrons. The molecule has 1 aliphatic rings. The molecule has 0 saturated carbocycles. The van der Waals surface area contributed by atoms with Crippen LogP contribution in [0, 0.1) is 5.82 Å². The quantitative estimate of drug-likeness (QED) is 0.712. The van der Waals surface area contributed by atoms with E-state index in [1.165, 1.54) is 12.1 Å². The van der Waals surface area contributed by atoms with Crippen molar-refractivity contribution < 1.29 is 9.18 Å². The lowest BCUT2D eigenvalue weighted by molar-refractivity contribution is -0.129. The second-order valence-corrected chi connectivity index (χ2v) is 7.31. The first-order valence-electron chi connectivity index (χ1n) is 9.18. The van der Waals surface area contributed by atoms with Crippen LogP contribution in [0.1, 0.15) is 23.6 Å². The third-order valence-corrected chi connectivity index (χ3v) is 5.17. The lowest BCUT2D eigenvalue weighted by Gasteiger charge is -2.19. The summed E-state index contributed by atoms with van der Waals surface area (Å²) in [5.74, 6) is 0.968. The van der Waals surface area contributed by atoms with E-state index in [1.807, 2.05) is 36.2 Å². The van der Waals surface area contributed by atoms with Gasteiger partial charge in [-0.1, -0.05) is 12.1 Å². The van der Waals surface area contributed by atoms with E-state index in [9.17, 15) is 9.18 Å². The van der Waals surface area contributed by atoms with Gasteiger partial charge in [-0.05, 0) is 36.2 Å². The Hall–Kier alpha value is -2.89. The topological polar surface area (TPSA) is 40.9 Å². The van der Waals surface area contributed by atoms with Gasteiger partial charge in [-0.15, -0.1) is 0 Å². The summed E-state index contributed by atoms with van der Waals surface area (Å²) in [5, 5.41) is 0. The van der Waals surface area contributed by atoms with Gasteiger partial charge in [0.2, 0.25) is 5.91 Å². The molecule has 0 unspecified atom stereocenters. The Bertz CT molecular complexity index is 964. The standard InChI is InChI=1S/C21H23FN4O/c1-24(2)21-19-4-3-10-25(19)14-18(23-21)16-9-11-26(13-16)20(27)12-15-5-7-17(22)8-6-15/h3-8,10,14,16H,9,11-13H2,1-2H3/t16-/m1/s1. The number of hydrogen-bond donors (Lipinski definition) is 0. The van der Waals surface area contributed by atoms with Crippen LogP contribution in [-0.4, -0.2) is 47.4 Å². The SMILES string of the molecule is CN(C)c1nc([C@@H]2CCN(C(=O)Cc3ccc(F)cc3)C2)cn2cccc12. The highest BCUT2D eigenvalue weighted by Gasteiger charge is 2.29. The zero-order chi connectivity index (χ0) is 19.0. The van der Waals surface area contributed by atoms with Gasteiger partial charge in [0.15, 0.2) is 5.82 Å². The van der Waals surface area contributed by atoms with Gasteiger partial charge in [0.05, 0.1) is 17.6 Å². The van der Waals surface area contributed by atoms with Crippen LogP contribution in [0.3, 0.4) is 0 Å². The normalized spacial score (nSPS) is 16.9. The molecule has 1 aliphatic heterocycles. The van der Waals surface area contributed by atoms with Crippen LogP contribution in [0.25, 0.3) is 5.52 Å². The van der Waals surface area contributed by atoms with E-state index in [1.54, 1.807) is 12.1 Å². The summed E-state index contributed by atoms with van der Waals surface area (Å²) < 4.78 is 15.1. The Morgan fingerprint density at radius 2 is 2.04 bits per heavy atom. The number of rotatable bonds is 4. The predicted octanol–water partition coefficient (Wildman–Crippen LogP) is 3.10. The number of benzene rings is 1. The van der Waals surface area contributed by atoms with E-state index < -0.39 is 0 Å². The average molecular weight is 366 g/mol. The summed E-state index contributed by atoms with van der Waals surface area (Å²) in [4.78, 5) is 21.4. The molecule has 1 fully saturated rings. The van der Waals surface area contributed by atoms with Gasteiger partial charge in [-0.25, -0.2) is 9.37 Å². The van der Waals surface area contributed by atoms with E-state index in [2.05, 4.69) is 16.7 Å². The lowest BCUT2D eigenvalue weighted by Crippen LogP contribution is -2.30. The van der Waals surface area contributed by atoms with Crippen molar-refractivity contribution >= 4 is 17.2 Å². The minimum absolute atomic E-state index is 0.0824. The zero-order valence-electron chi connectivity index (χ0n) is 15.6. The Balaban J connectivity index is 1.50. The van der Waals surface area contributed by atoms with Crippen LogP contribution < -0.4 is 4.90 Å². The summed E-state index contributed by atoms with van der Waals surface area (Å²) in [7, 11) is 3.98. The number of halogens is 1. The molecular formula is C21H23FN4O. The van der Waals surface area contributed by atoms with Crippen LogP contribution >= 0.6 is 0 Å². The monoisotopic (exact) mass is 366 g/mol. The van der Waals surface area contributed by atoms with Crippen LogP contribution in [0.15, 0.2) is 48.8 Å². The number of fused-ring (bicyclic) bond motifs is 1. The fourth-order valence-electron chi connectivity index (χ4n) is 3.69. The molecule has 27 heavy (non-hydrogen) atoms. The molecule has 1 amide bonds. The number of aromatic nitrogens is 2. The van der Waals surface area contributed by atoms with E-state index in [0.29, 0.717) is 13.0 Å². The number of amides is 1. The first-order chi connectivity index (χ1) is 13.0. The van der Waals surface area contributed by atoms with E-state index in [4.69, 9.17) is 4.98 Å². The molecule has 1 saturated heterocycles. The fraction of sp³-hybridized carbons (Fsp3) is 0.333. The Labute approximate surface area is 158 Å². The van der Waals surface area contributed by atoms with E-state index >= 15 is 0 Å². The van der Waals surface area contributed by atoms with Crippen molar-refractivity contribution in [1.82, 2.24) is 14.3 Å². The minimum Gasteiger partial charge on any atom is -0.361 e. The Morgan fingerprint density at radius 3 is 2.78 bits per heavy atom. The molecule has 0 spiro atoms. The zero-order valence-corrected chi connectivity index (χ0v) is 15.6.